The third-order valence-electron chi connectivity index (χ3n) is 16.7. The zero-order chi connectivity index (χ0) is 68.2. The molecule has 0 radical (unpaired) electrons. The molecular weight excluding hydrogens is 1200 g/mol. The second kappa shape index (κ2) is 54.9. The quantitative estimate of drug-likeness (QED) is 0.0199. The van der Waals surface area contributed by atoms with Gasteiger partial charge in [-0.05, 0) is 96.3 Å². The molecule has 0 aromatic heterocycles. The van der Waals surface area contributed by atoms with Crippen LogP contribution in [0.5, 0.6) is 0 Å². The normalized spacial score (nSPS) is 28.2. The van der Waals surface area contributed by atoms with Crippen molar-refractivity contribution in [2.45, 2.75) is 304 Å². The molecule has 3 fully saturated rings. The van der Waals surface area contributed by atoms with Crippen LogP contribution in [-0.2, 0) is 33.2 Å². The van der Waals surface area contributed by atoms with E-state index in [1.165, 1.54) is 51.4 Å². The van der Waals surface area contributed by atoms with Crippen LogP contribution in [0.3, 0.4) is 0 Å². The highest BCUT2D eigenvalue weighted by atomic mass is 16.8. The molecule has 0 aliphatic carbocycles. The van der Waals surface area contributed by atoms with Crippen molar-refractivity contribution in [3.8, 4) is 0 Å². The summed E-state index contributed by atoms with van der Waals surface area (Å²) >= 11 is 0. The largest absolute Gasteiger partial charge is 0.394 e. The molecule has 3 heterocycles. The van der Waals surface area contributed by atoms with E-state index < -0.39 is 124 Å². The Bertz CT molecular complexity index is 2220. The van der Waals surface area contributed by atoms with Crippen molar-refractivity contribution < 1.29 is 89.4 Å². The molecule has 3 rings (SSSR count). The number of carbonyl (C=O) groups is 1. The fourth-order valence-electron chi connectivity index (χ4n) is 10.9. The van der Waals surface area contributed by atoms with Gasteiger partial charge in [-0.15, -0.1) is 0 Å². The molecule has 3 saturated heterocycles. The first kappa shape index (κ1) is 84.2. The summed E-state index contributed by atoms with van der Waals surface area (Å²) in [6, 6.07) is -0.996. The van der Waals surface area contributed by atoms with E-state index in [-0.39, 0.29) is 18.9 Å². The standard InChI is InChI=1S/C75H123NO18/c1-3-5-7-9-11-13-14-15-16-17-18-19-20-21-22-23-24-25-26-27-28-29-30-31-32-33-34-35-36-37-38-39-40-41-42-43-44-45-47-49-51-53-63(81)76-58(59(80)52-50-48-46-12-10-8-6-4-2)57-89-73-69(87)66(84)71(61(55-78)91-73)94-75-70(88)67(85)72(62(56-79)92-75)93-74-68(86)65(83)64(82)60(54-77)90-74/h5,7,10-13,15-16,18-19,21-22,24-25,27-28,30-31,33-34,50,52,58-62,64-75,77-80,82-88H,3-4,6,8-9,14,17,20,23,26,29,32,35-49,51,53-57H2,1-2H3,(H,76,81)/b7-5-,12-10+,13-11-,16-15-,19-18-,22-21-,25-24-,28-27-,31-30-,34-33-,52-50+. The Labute approximate surface area is 562 Å². The lowest BCUT2D eigenvalue weighted by Crippen LogP contribution is -2.66. The Morgan fingerprint density at radius 1 is 0.394 bits per heavy atom. The predicted molar refractivity (Wildman–Crippen MR) is 369 cm³/mol. The van der Waals surface area contributed by atoms with Gasteiger partial charge in [0.05, 0.1) is 38.6 Å². The van der Waals surface area contributed by atoms with Gasteiger partial charge >= 0.3 is 0 Å². The fourth-order valence-corrected chi connectivity index (χ4v) is 10.9. The van der Waals surface area contributed by atoms with E-state index in [0.717, 1.165) is 116 Å². The van der Waals surface area contributed by atoms with E-state index in [0.29, 0.717) is 12.8 Å². The first-order valence-electron chi connectivity index (χ1n) is 35.4. The molecule has 19 nitrogen and oxygen atoms in total. The van der Waals surface area contributed by atoms with E-state index >= 15 is 0 Å². The van der Waals surface area contributed by atoms with Gasteiger partial charge in [-0.2, -0.15) is 0 Å². The zero-order valence-electron chi connectivity index (χ0n) is 56.6. The van der Waals surface area contributed by atoms with Crippen LogP contribution in [0, 0.1) is 0 Å². The fraction of sp³-hybridized carbons (Fsp3) is 0.693. The van der Waals surface area contributed by atoms with Gasteiger partial charge in [-0.3, -0.25) is 4.79 Å². The van der Waals surface area contributed by atoms with Crippen molar-refractivity contribution in [2.75, 3.05) is 26.4 Å². The average molecular weight is 1330 g/mol. The molecule has 17 atom stereocenters. The van der Waals surface area contributed by atoms with Gasteiger partial charge in [0, 0.05) is 6.42 Å². The summed E-state index contributed by atoms with van der Waals surface area (Å²) in [6.45, 7) is 1.48. The summed E-state index contributed by atoms with van der Waals surface area (Å²) in [4.78, 5) is 13.3. The van der Waals surface area contributed by atoms with Gasteiger partial charge in [-0.25, -0.2) is 0 Å². The van der Waals surface area contributed by atoms with Gasteiger partial charge in [0.25, 0.3) is 0 Å². The Kier molecular flexibility index (Phi) is 49.1. The Morgan fingerprint density at radius 2 is 0.745 bits per heavy atom. The van der Waals surface area contributed by atoms with Gasteiger partial charge in [0.15, 0.2) is 18.9 Å². The van der Waals surface area contributed by atoms with Crippen molar-refractivity contribution >= 4 is 5.91 Å². The Balaban J connectivity index is 1.28. The van der Waals surface area contributed by atoms with Crippen LogP contribution >= 0.6 is 0 Å². The molecule has 17 unspecified atom stereocenters. The Hall–Kier alpha value is -4.07. The van der Waals surface area contributed by atoms with Crippen LogP contribution in [-0.4, -0.2) is 193 Å². The molecule has 0 saturated carbocycles. The molecule has 94 heavy (non-hydrogen) atoms. The summed E-state index contributed by atoms with van der Waals surface area (Å²) in [5.74, 6) is -0.297. The summed E-state index contributed by atoms with van der Waals surface area (Å²) in [6.07, 6.45) is 50.7. The van der Waals surface area contributed by atoms with Gasteiger partial charge in [-0.1, -0.05) is 231 Å². The first-order chi connectivity index (χ1) is 45.8. The van der Waals surface area contributed by atoms with Gasteiger partial charge < -0.3 is 89.9 Å². The lowest BCUT2D eigenvalue weighted by Gasteiger charge is -2.48. The second-order valence-electron chi connectivity index (χ2n) is 24.6. The number of allylic oxidation sites excluding steroid dienone is 21. The van der Waals surface area contributed by atoms with Crippen LogP contribution in [0.4, 0.5) is 0 Å². The average Bonchev–Trinajstić information content (AvgIpc) is 0.834. The predicted octanol–water partition coefficient (Wildman–Crippen LogP) is 9.77. The lowest BCUT2D eigenvalue weighted by molar-refractivity contribution is -0.379. The maximum atomic E-state index is 13.3. The van der Waals surface area contributed by atoms with Crippen LogP contribution in [0.1, 0.15) is 200 Å². The van der Waals surface area contributed by atoms with E-state index in [4.69, 9.17) is 28.4 Å². The van der Waals surface area contributed by atoms with Crippen molar-refractivity contribution in [1.82, 2.24) is 5.32 Å². The summed E-state index contributed by atoms with van der Waals surface area (Å²) in [5, 5.41) is 120. The van der Waals surface area contributed by atoms with E-state index in [1.807, 2.05) is 6.08 Å². The minimum Gasteiger partial charge on any atom is -0.394 e. The number of aliphatic hydroxyl groups is 11. The first-order valence-corrected chi connectivity index (χ1v) is 35.4. The highest BCUT2D eigenvalue weighted by molar-refractivity contribution is 5.76. The number of hydrogen-bond donors (Lipinski definition) is 12. The number of aliphatic hydroxyl groups excluding tert-OH is 11. The topological polar surface area (TPSA) is 307 Å². The van der Waals surface area contributed by atoms with Gasteiger partial charge in [0.2, 0.25) is 5.91 Å². The maximum Gasteiger partial charge on any atom is 0.220 e. The Morgan fingerprint density at radius 3 is 1.19 bits per heavy atom. The second-order valence-corrected chi connectivity index (χ2v) is 24.6. The molecule has 536 valence electrons. The van der Waals surface area contributed by atoms with Crippen molar-refractivity contribution in [3.63, 3.8) is 0 Å². The molecule has 1 amide bonds. The van der Waals surface area contributed by atoms with Gasteiger partial charge in [0.1, 0.15) is 73.2 Å². The number of nitrogens with one attached hydrogen (secondary N) is 1. The molecule has 0 bridgehead atoms. The zero-order valence-corrected chi connectivity index (χ0v) is 56.6. The smallest absolute Gasteiger partial charge is 0.220 e. The van der Waals surface area contributed by atoms with E-state index in [1.54, 1.807) is 6.08 Å². The highest BCUT2D eigenvalue weighted by Crippen LogP contribution is 2.33. The van der Waals surface area contributed by atoms with Crippen LogP contribution in [0.15, 0.2) is 134 Å². The molecule has 19 heteroatoms. The number of ether oxygens (including phenoxy) is 6. The SMILES string of the molecule is CC/C=C\C/C=C\C/C=C\C/C=C\C/C=C\C/C=C\C/C=C\C/C=C\C/C=C\CCCCCCCCCCCCCCCC(=O)NC(COC1OC(CO)C(OC2OC(CO)C(OC3OC(CO)C(O)C(O)C3O)C(O)C2O)C(O)C1O)C(O)/C=C/CC/C=C/CCCC. The third kappa shape index (κ3) is 36.0. The monoisotopic (exact) mass is 1330 g/mol. The number of amides is 1. The highest BCUT2D eigenvalue weighted by Gasteiger charge is 2.53. The summed E-state index contributed by atoms with van der Waals surface area (Å²) in [7, 11) is 0. The number of rotatable bonds is 52. The molecule has 0 spiro atoms. The number of carbonyl (C=O) groups excluding carboxylic acids is 1. The third-order valence-corrected chi connectivity index (χ3v) is 16.7. The van der Waals surface area contributed by atoms with E-state index in [2.05, 4.69) is 141 Å². The molecule has 12 N–H and O–H groups in total. The van der Waals surface area contributed by atoms with Crippen molar-refractivity contribution in [1.29, 1.82) is 0 Å². The van der Waals surface area contributed by atoms with Crippen LogP contribution in [0.25, 0.3) is 0 Å². The summed E-state index contributed by atoms with van der Waals surface area (Å²) in [5.41, 5.74) is 0. The summed E-state index contributed by atoms with van der Waals surface area (Å²) < 4.78 is 34.2. The van der Waals surface area contributed by atoms with Crippen molar-refractivity contribution in [2.24, 2.45) is 0 Å². The number of unbranched alkanes of at least 4 members (excludes halogenated alkanes) is 16. The lowest BCUT2D eigenvalue weighted by atomic mass is 9.96. The number of hydrogen-bond acceptors (Lipinski definition) is 18. The minimum absolute atomic E-state index is 0.225. The molecule has 0 aromatic rings. The van der Waals surface area contributed by atoms with E-state index in [9.17, 15) is 61.0 Å². The molecular formula is C75H123NO18. The maximum absolute atomic E-state index is 13.3. The van der Waals surface area contributed by atoms with Crippen LogP contribution in [0.2, 0.25) is 0 Å². The molecule has 3 aliphatic rings. The minimum atomic E-state index is -1.98. The van der Waals surface area contributed by atoms with Crippen molar-refractivity contribution in [3.05, 3.63) is 134 Å². The molecule has 3 aliphatic heterocycles. The molecule has 0 aromatic carbocycles. The van der Waals surface area contributed by atoms with Crippen LogP contribution < -0.4 is 5.32 Å².